The highest BCUT2D eigenvalue weighted by Crippen LogP contribution is 2.43. The van der Waals surface area contributed by atoms with Crippen molar-refractivity contribution in [1.82, 2.24) is 0 Å². The Morgan fingerprint density at radius 3 is 2.27 bits per heavy atom. The van der Waals surface area contributed by atoms with Crippen LogP contribution in [-0.2, 0) is 4.74 Å². The SMILES string of the molecule is C=C(CN)OC1CCC(Nc2cc(Sc3cc(OC)c(OC)c(OC)c3)ccc2C#N)CC1. The smallest absolute Gasteiger partial charge is 0.203 e. The first-order valence-corrected chi connectivity index (χ1v) is 11.7. The van der Waals surface area contributed by atoms with Crippen molar-refractivity contribution >= 4 is 17.4 Å². The van der Waals surface area contributed by atoms with Gasteiger partial charge in [-0.1, -0.05) is 18.3 Å². The van der Waals surface area contributed by atoms with Gasteiger partial charge in [0.05, 0.1) is 45.2 Å². The summed E-state index contributed by atoms with van der Waals surface area (Å²) in [5.74, 6) is 2.39. The number of hydrogen-bond acceptors (Lipinski definition) is 8. The number of benzene rings is 2. The van der Waals surface area contributed by atoms with Crippen LogP contribution in [0.3, 0.4) is 0 Å². The molecule has 176 valence electrons. The zero-order chi connectivity index (χ0) is 23.8. The minimum absolute atomic E-state index is 0.163. The van der Waals surface area contributed by atoms with Crippen molar-refractivity contribution in [2.45, 2.75) is 47.6 Å². The molecule has 2 aromatic rings. The van der Waals surface area contributed by atoms with Crippen molar-refractivity contribution in [3.63, 3.8) is 0 Å². The van der Waals surface area contributed by atoms with Gasteiger partial charge in [-0.15, -0.1) is 0 Å². The maximum atomic E-state index is 9.61. The maximum absolute atomic E-state index is 9.61. The Kier molecular flexibility index (Phi) is 8.75. The third-order valence-electron chi connectivity index (χ3n) is 5.58. The molecule has 0 bridgehead atoms. The van der Waals surface area contributed by atoms with Crippen LogP contribution < -0.4 is 25.3 Å². The van der Waals surface area contributed by atoms with Crippen LogP contribution in [0.5, 0.6) is 17.2 Å². The summed E-state index contributed by atoms with van der Waals surface area (Å²) < 4.78 is 22.1. The number of nitrogens with zero attached hydrogens (tertiary/aromatic N) is 1. The second-order valence-electron chi connectivity index (χ2n) is 7.76. The Hall–Kier alpha value is -3.02. The van der Waals surface area contributed by atoms with Gasteiger partial charge in [-0.05, 0) is 56.0 Å². The molecule has 33 heavy (non-hydrogen) atoms. The van der Waals surface area contributed by atoms with Gasteiger partial charge >= 0.3 is 0 Å². The highest BCUT2D eigenvalue weighted by molar-refractivity contribution is 7.99. The molecule has 0 heterocycles. The molecule has 0 saturated heterocycles. The van der Waals surface area contributed by atoms with Gasteiger partial charge in [0, 0.05) is 15.8 Å². The van der Waals surface area contributed by atoms with E-state index in [0.717, 1.165) is 41.2 Å². The molecule has 0 amide bonds. The van der Waals surface area contributed by atoms with Gasteiger partial charge < -0.3 is 30.0 Å². The molecule has 3 N–H and O–H groups in total. The first-order valence-electron chi connectivity index (χ1n) is 10.8. The molecule has 2 aromatic carbocycles. The van der Waals surface area contributed by atoms with Crippen LogP contribution in [0.15, 0.2) is 52.5 Å². The summed E-state index contributed by atoms with van der Waals surface area (Å²) >= 11 is 1.56. The van der Waals surface area contributed by atoms with Crippen LogP contribution >= 0.6 is 11.8 Å². The van der Waals surface area contributed by atoms with E-state index in [1.54, 1.807) is 33.1 Å². The quantitative estimate of drug-likeness (QED) is 0.472. The fourth-order valence-corrected chi connectivity index (χ4v) is 4.80. The lowest BCUT2D eigenvalue weighted by molar-refractivity contribution is 0.0791. The standard InChI is InChI=1S/C25H31N3O4S/c1-16(14-26)32-19-8-6-18(7-9-19)28-22-11-20(10-5-17(22)15-27)33-21-12-23(29-2)25(31-4)24(13-21)30-3/h5,10-13,18-19,28H,1,6-9,14,26H2,2-4H3. The van der Waals surface area contributed by atoms with Crippen molar-refractivity contribution in [3.05, 3.63) is 48.2 Å². The molecule has 7 nitrogen and oxygen atoms in total. The highest BCUT2D eigenvalue weighted by Gasteiger charge is 2.23. The predicted molar refractivity (Wildman–Crippen MR) is 130 cm³/mol. The van der Waals surface area contributed by atoms with Crippen LogP contribution in [0.4, 0.5) is 5.69 Å². The Balaban J connectivity index is 1.73. The lowest BCUT2D eigenvalue weighted by Gasteiger charge is -2.30. The van der Waals surface area contributed by atoms with Gasteiger partial charge in [-0.3, -0.25) is 0 Å². The van der Waals surface area contributed by atoms with E-state index >= 15 is 0 Å². The summed E-state index contributed by atoms with van der Waals surface area (Å²) in [5.41, 5.74) is 7.04. The maximum Gasteiger partial charge on any atom is 0.203 e. The molecule has 3 rings (SSSR count). The van der Waals surface area contributed by atoms with E-state index < -0.39 is 0 Å². The van der Waals surface area contributed by atoms with Crippen LogP contribution in [0.25, 0.3) is 0 Å². The molecule has 0 aliphatic heterocycles. The largest absolute Gasteiger partial charge is 0.494 e. The average Bonchev–Trinajstić information content (AvgIpc) is 2.84. The molecule has 1 aliphatic carbocycles. The average molecular weight is 470 g/mol. The number of nitrogens with two attached hydrogens (primary N) is 1. The fraction of sp³-hybridized carbons (Fsp3) is 0.400. The topological polar surface area (TPSA) is 98.8 Å². The van der Waals surface area contributed by atoms with Gasteiger partial charge in [0.25, 0.3) is 0 Å². The Labute approximate surface area is 199 Å². The van der Waals surface area contributed by atoms with Crippen LogP contribution in [0.2, 0.25) is 0 Å². The number of nitrogens with one attached hydrogen (secondary N) is 1. The van der Waals surface area contributed by atoms with Crippen molar-refractivity contribution in [2.75, 3.05) is 33.2 Å². The van der Waals surface area contributed by atoms with Crippen LogP contribution in [0, 0.1) is 11.3 Å². The van der Waals surface area contributed by atoms with Gasteiger partial charge in [-0.2, -0.15) is 5.26 Å². The molecule has 8 heteroatoms. The normalized spacial score (nSPS) is 17.5. The van der Waals surface area contributed by atoms with Crippen LogP contribution in [-0.4, -0.2) is 40.0 Å². The van der Waals surface area contributed by atoms with E-state index in [-0.39, 0.29) is 12.1 Å². The molecule has 0 atom stereocenters. The summed E-state index contributed by atoms with van der Waals surface area (Å²) in [6.07, 6.45) is 3.93. The Morgan fingerprint density at radius 2 is 1.73 bits per heavy atom. The molecule has 0 unspecified atom stereocenters. The van der Waals surface area contributed by atoms with Gasteiger partial charge in [0.15, 0.2) is 11.5 Å². The van der Waals surface area contributed by atoms with E-state index in [1.807, 2.05) is 30.3 Å². The van der Waals surface area contributed by atoms with Gasteiger partial charge in [-0.25, -0.2) is 0 Å². The molecule has 0 radical (unpaired) electrons. The molecular formula is C25H31N3O4S. The molecule has 1 fully saturated rings. The van der Waals surface area contributed by atoms with Crippen molar-refractivity contribution in [1.29, 1.82) is 5.26 Å². The van der Waals surface area contributed by atoms with E-state index in [9.17, 15) is 5.26 Å². The van der Waals surface area contributed by atoms with E-state index in [2.05, 4.69) is 18.0 Å². The first kappa shape index (κ1) is 24.6. The third-order valence-corrected chi connectivity index (χ3v) is 6.54. The zero-order valence-corrected chi connectivity index (χ0v) is 20.2. The Morgan fingerprint density at radius 1 is 1.06 bits per heavy atom. The summed E-state index contributed by atoms with van der Waals surface area (Å²) in [7, 11) is 4.78. The van der Waals surface area contributed by atoms with Crippen LogP contribution in [0.1, 0.15) is 31.2 Å². The number of ether oxygens (including phenoxy) is 4. The number of rotatable bonds is 10. The van der Waals surface area contributed by atoms with Crippen molar-refractivity contribution in [3.8, 4) is 23.3 Å². The van der Waals surface area contributed by atoms with Crippen molar-refractivity contribution < 1.29 is 18.9 Å². The van der Waals surface area contributed by atoms with Crippen molar-refractivity contribution in [2.24, 2.45) is 5.73 Å². The number of hydrogen-bond donors (Lipinski definition) is 2. The molecule has 1 saturated carbocycles. The second-order valence-corrected chi connectivity index (χ2v) is 8.91. The first-order chi connectivity index (χ1) is 16.0. The summed E-state index contributed by atoms with van der Waals surface area (Å²) in [6, 6.07) is 12.2. The summed E-state index contributed by atoms with van der Waals surface area (Å²) in [5, 5.41) is 13.2. The summed E-state index contributed by atoms with van der Waals surface area (Å²) in [4.78, 5) is 1.94. The molecular weight excluding hydrogens is 438 g/mol. The van der Waals surface area contributed by atoms with Gasteiger partial charge in [0.1, 0.15) is 11.8 Å². The lowest BCUT2D eigenvalue weighted by atomic mass is 9.92. The predicted octanol–water partition coefficient (Wildman–Crippen LogP) is 4.95. The minimum atomic E-state index is 0.163. The number of methoxy groups -OCH3 is 3. The molecule has 0 aromatic heterocycles. The molecule has 1 aliphatic rings. The number of nitriles is 1. The highest BCUT2D eigenvalue weighted by atomic mass is 32.2. The third kappa shape index (κ3) is 6.28. The lowest BCUT2D eigenvalue weighted by Crippen LogP contribution is -2.30. The minimum Gasteiger partial charge on any atom is -0.494 e. The zero-order valence-electron chi connectivity index (χ0n) is 19.3. The molecule has 0 spiro atoms. The summed E-state index contributed by atoms with van der Waals surface area (Å²) in [6.45, 7) is 4.18. The second kappa shape index (κ2) is 11.7. The van der Waals surface area contributed by atoms with E-state index in [0.29, 0.717) is 35.1 Å². The van der Waals surface area contributed by atoms with E-state index in [4.69, 9.17) is 24.7 Å². The Bertz CT molecular complexity index is 988. The van der Waals surface area contributed by atoms with E-state index in [1.165, 1.54) is 0 Å². The number of anilines is 1. The fourth-order valence-electron chi connectivity index (χ4n) is 3.88. The monoisotopic (exact) mass is 469 g/mol. The van der Waals surface area contributed by atoms with Gasteiger partial charge in [0.2, 0.25) is 5.75 Å².